The topological polar surface area (TPSA) is 21.3 Å². The van der Waals surface area contributed by atoms with Crippen molar-refractivity contribution in [3.8, 4) is 0 Å². The minimum Gasteiger partial charge on any atom is -0.377 e. The minimum atomic E-state index is 0.279. The van der Waals surface area contributed by atoms with Crippen LogP contribution >= 0.6 is 0 Å². The van der Waals surface area contributed by atoms with E-state index >= 15 is 0 Å². The smallest absolute Gasteiger partial charge is 0.0664 e. The molecule has 1 aromatic carbocycles. The van der Waals surface area contributed by atoms with Crippen molar-refractivity contribution in [2.45, 2.75) is 39.8 Å². The number of hydrogen-bond acceptors (Lipinski definition) is 2. The molecule has 1 aromatic rings. The van der Waals surface area contributed by atoms with Crippen LogP contribution in [0.25, 0.3) is 0 Å². The zero-order chi connectivity index (χ0) is 12.1. The highest BCUT2D eigenvalue weighted by Gasteiger charge is 2.12. The second-order valence-corrected chi connectivity index (χ2v) is 4.58. The number of hydrogen-bond donors (Lipinski definition) is 1. The largest absolute Gasteiger partial charge is 0.377 e. The van der Waals surface area contributed by atoms with Crippen LogP contribution < -0.4 is 5.32 Å². The van der Waals surface area contributed by atoms with Gasteiger partial charge < -0.3 is 10.1 Å². The van der Waals surface area contributed by atoms with Crippen LogP contribution in [0.15, 0.2) is 18.2 Å². The number of aryl methyl sites for hydroxylation is 2. The average molecular weight is 221 g/mol. The van der Waals surface area contributed by atoms with Gasteiger partial charge in [-0.15, -0.1) is 0 Å². The summed E-state index contributed by atoms with van der Waals surface area (Å²) in [7, 11) is 1.98. The molecule has 0 fully saturated rings. The first-order valence-corrected chi connectivity index (χ1v) is 5.90. The molecule has 2 heteroatoms. The SMILES string of the molecule is CNC(COC(C)C)c1ccc(C)cc1C. The Labute approximate surface area is 99.0 Å². The second kappa shape index (κ2) is 6.02. The van der Waals surface area contributed by atoms with Gasteiger partial charge in [-0.25, -0.2) is 0 Å². The molecule has 0 aromatic heterocycles. The lowest BCUT2D eigenvalue weighted by Crippen LogP contribution is -2.24. The molecule has 1 unspecified atom stereocenters. The van der Waals surface area contributed by atoms with Gasteiger partial charge in [0, 0.05) is 0 Å². The van der Waals surface area contributed by atoms with Crippen LogP contribution in [-0.4, -0.2) is 19.8 Å². The quantitative estimate of drug-likeness (QED) is 0.825. The fourth-order valence-electron chi connectivity index (χ4n) is 1.83. The van der Waals surface area contributed by atoms with Crippen LogP contribution in [0.5, 0.6) is 0 Å². The normalized spacial score (nSPS) is 13.1. The Hall–Kier alpha value is -0.860. The fraction of sp³-hybridized carbons (Fsp3) is 0.571. The lowest BCUT2D eigenvalue weighted by Gasteiger charge is -2.20. The van der Waals surface area contributed by atoms with Gasteiger partial charge in [-0.2, -0.15) is 0 Å². The molecular weight excluding hydrogens is 198 g/mol. The monoisotopic (exact) mass is 221 g/mol. The van der Waals surface area contributed by atoms with E-state index in [0.717, 1.165) is 6.61 Å². The maximum Gasteiger partial charge on any atom is 0.0664 e. The van der Waals surface area contributed by atoms with Crippen LogP contribution in [0.4, 0.5) is 0 Å². The van der Waals surface area contributed by atoms with Crippen molar-refractivity contribution in [1.82, 2.24) is 5.32 Å². The molecule has 0 saturated heterocycles. The summed E-state index contributed by atoms with van der Waals surface area (Å²) in [5, 5.41) is 3.31. The van der Waals surface area contributed by atoms with Gasteiger partial charge in [-0.3, -0.25) is 0 Å². The second-order valence-electron chi connectivity index (χ2n) is 4.58. The standard InChI is InChI=1S/C14H23NO/c1-10(2)16-9-14(15-5)13-7-6-11(3)8-12(13)4/h6-8,10,14-15H,9H2,1-5H3. The van der Waals surface area contributed by atoms with E-state index in [2.05, 4.69) is 51.2 Å². The number of nitrogens with one attached hydrogen (secondary N) is 1. The summed E-state index contributed by atoms with van der Waals surface area (Å²) in [4.78, 5) is 0. The Morgan fingerprint density at radius 3 is 2.44 bits per heavy atom. The molecule has 1 rings (SSSR count). The Bertz CT molecular complexity index is 334. The first-order valence-electron chi connectivity index (χ1n) is 5.90. The van der Waals surface area contributed by atoms with Crippen molar-refractivity contribution >= 4 is 0 Å². The van der Waals surface area contributed by atoms with E-state index < -0.39 is 0 Å². The highest BCUT2D eigenvalue weighted by Crippen LogP contribution is 2.19. The summed E-state index contributed by atoms with van der Waals surface area (Å²) in [6, 6.07) is 6.84. The van der Waals surface area contributed by atoms with Crippen LogP contribution in [-0.2, 0) is 4.74 Å². The van der Waals surface area contributed by atoms with Crippen molar-refractivity contribution in [2.75, 3.05) is 13.7 Å². The summed E-state index contributed by atoms with van der Waals surface area (Å²) in [5.41, 5.74) is 3.96. The van der Waals surface area contributed by atoms with Gasteiger partial charge in [0.25, 0.3) is 0 Å². The van der Waals surface area contributed by atoms with E-state index in [1.165, 1.54) is 16.7 Å². The summed E-state index contributed by atoms with van der Waals surface area (Å²) in [6.45, 7) is 9.12. The zero-order valence-electron chi connectivity index (χ0n) is 11.0. The molecule has 0 bridgehead atoms. The highest BCUT2D eigenvalue weighted by atomic mass is 16.5. The van der Waals surface area contributed by atoms with Crippen LogP contribution in [0.3, 0.4) is 0 Å². The van der Waals surface area contributed by atoms with E-state index in [-0.39, 0.29) is 12.1 Å². The van der Waals surface area contributed by atoms with Gasteiger partial charge >= 0.3 is 0 Å². The molecule has 0 spiro atoms. The molecule has 2 nitrogen and oxygen atoms in total. The van der Waals surface area contributed by atoms with E-state index in [9.17, 15) is 0 Å². The van der Waals surface area contributed by atoms with E-state index in [4.69, 9.17) is 4.74 Å². The molecule has 0 aliphatic heterocycles. The molecule has 1 atom stereocenters. The van der Waals surface area contributed by atoms with Gasteiger partial charge in [-0.05, 0) is 45.9 Å². The predicted octanol–water partition coefficient (Wildman–Crippen LogP) is 2.99. The first-order chi connectivity index (χ1) is 7.54. The minimum absolute atomic E-state index is 0.279. The number of likely N-dealkylation sites (N-methyl/N-ethyl adjacent to an activating group) is 1. The molecule has 0 saturated carbocycles. The Morgan fingerprint density at radius 2 is 1.94 bits per heavy atom. The molecule has 90 valence electrons. The molecule has 16 heavy (non-hydrogen) atoms. The van der Waals surface area contributed by atoms with Gasteiger partial charge in [0.2, 0.25) is 0 Å². The molecular formula is C14H23NO. The van der Waals surface area contributed by atoms with E-state index in [0.29, 0.717) is 0 Å². The summed E-state index contributed by atoms with van der Waals surface area (Å²) < 4.78 is 5.67. The summed E-state index contributed by atoms with van der Waals surface area (Å²) in [5.74, 6) is 0. The lowest BCUT2D eigenvalue weighted by molar-refractivity contribution is 0.0625. The Balaban J connectivity index is 2.78. The summed E-state index contributed by atoms with van der Waals surface area (Å²) in [6.07, 6.45) is 0.279. The van der Waals surface area contributed by atoms with Crippen molar-refractivity contribution < 1.29 is 4.74 Å². The third-order valence-electron chi connectivity index (χ3n) is 2.75. The van der Waals surface area contributed by atoms with Gasteiger partial charge in [0.1, 0.15) is 0 Å². The lowest BCUT2D eigenvalue weighted by atomic mass is 10.00. The predicted molar refractivity (Wildman–Crippen MR) is 68.8 cm³/mol. The third-order valence-corrected chi connectivity index (χ3v) is 2.75. The van der Waals surface area contributed by atoms with Gasteiger partial charge in [0.15, 0.2) is 0 Å². The van der Waals surface area contributed by atoms with Crippen molar-refractivity contribution in [1.29, 1.82) is 0 Å². The van der Waals surface area contributed by atoms with Crippen molar-refractivity contribution in [3.63, 3.8) is 0 Å². The number of ether oxygens (including phenoxy) is 1. The van der Waals surface area contributed by atoms with Crippen molar-refractivity contribution in [3.05, 3.63) is 34.9 Å². The molecule has 0 aliphatic carbocycles. The van der Waals surface area contributed by atoms with Gasteiger partial charge in [0.05, 0.1) is 18.8 Å². The Kier molecular flexibility index (Phi) is 4.97. The maximum atomic E-state index is 5.67. The van der Waals surface area contributed by atoms with E-state index in [1.807, 2.05) is 7.05 Å². The van der Waals surface area contributed by atoms with Crippen LogP contribution in [0.2, 0.25) is 0 Å². The molecule has 1 N–H and O–H groups in total. The molecule has 0 aliphatic rings. The fourth-order valence-corrected chi connectivity index (χ4v) is 1.83. The number of benzene rings is 1. The first kappa shape index (κ1) is 13.2. The maximum absolute atomic E-state index is 5.67. The zero-order valence-corrected chi connectivity index (χ0v) is 11.0. The molecule has 0 radical (unpaired) electrons. The van der Waals surface area contributed by atoms with Gasteiger partial charge in [-0.1, -0.05) is 23.8 Å². The Morgan fingerprint density at radius 1 is 1.25 bits per heavy atom. The molecule has 0 amide bonds. The van der Waals surface area contributed by atoms with E-state index in [1.54, 1.807) is 0 Å². The number of rotatable bonds is 5. The van der Waals surface area contributed by atoms with Crippen molar-refractivity contribution in [2.24, 2.45) is 0 Å². The van der Waals surface area contributed by atoms with Crippen LogP contribution in [0, 0.1) is 13.8 Å². The van der Waals surface area contributed by atoms with Crippen LogP contribution in [0.1, 0.15) is 36.6 Å². The summed E-state index contributed by atoms with van der Waals surface area (Å²) >= 11 is 0. The average Bonchev–Trinajstić information content (AvgIpc) is 2.21. The highest BCUT2D eigenvalue weighted by molar-refractivity contribution is 5.32. The third kappa shape index (κ3) is 3.62. The molecule has 0 heterocycles.